The molecule has 134 valence electrons. The molecule has 1 N–H and O–H groups in total. The third-order valence-electron chi connectivity index (χ3n) is 6.60. The van der Waals surface area contributed by atoms with Crippen LogP contribution in [0.4, 0.5) is 4.79 Å². The molecule has 1 aromatic carbocycles. The molecule has 3 aliphatic heterocycles. The van der Waals surface area contributed by atoms with Gasteiger partial charge >= 0.3 is 6.03 Å². The number of benzene rings is 1. The number of hydrogen-bond donors (Lipinski definition) is 1. The maximum atomic E-state index is 13.0. The Labute approximate surface area is 148 Å². The largest absolute Gasteiger partial charge is 0.454 e. The molecule has 2 amide bonds. The van der Waals surface area contributed by atoms with Crippen molar-refractivity contribution in [2.24, 2.45) is 17.8 Å². The second-order valence-electron chi connectivity index (χ2n) is 8.37. The summed E-state index contributed by atoms with van der Waals surface area (Å²) in [5.41, 5.74) is 1.05. The van der Waals surface area contributed by atoms with Crippen molar-refractivity contribution in [2.45, 2.75) is 51.1 Å². The number of nitrogens with one attached hydrogen (secondary N) is 1. The summed E-state index contributed by atoms with van der Waals surface area (Å²) in [6, 6.07) is 6.41. The molecule has 2 saturated heterocycles. The monoisotopic (exact) mass is 342 g/mol. The Morgan fingerprint density at radius 1 is 1.08 bits per heavy atom. The summed E-state index contributed by atoms with van der Waals surface area (Å²) in [5, 5.41) is 3.22. The standard InChI is InChI=1S/C20H26N2O3/c1-12(16-2-3-18-19(9-16)25-11-24-18)21-20(23)22-10-15-5-13-4-14(6-15)8-17(22)7-13/h2-3,9,12-15,17H,4-8,10-11H2,1H3,(H,21,23)/t12-,13-,14+,15?,17?/m1/s1. The Balaban J connectivity index is 1.30. The summed E-state index contributed by atoms with van der Waals surface area (Å²) in [7, 11) is 0. The molecular weight excluding hydrogens is 316 g/mol. The van der Waals surface area contributed by atoms with Crippen molar-refractivity contribution >= 4 is 6.03 Å². The fourth-order valence-corrected chi connectivity index (χ4v) is 5.57. The maximum Gasteiger partial charge on any atom is 0.318 e. The van der Waals surface area contributed by atoms with E-state index in [0.29, 0.717) is 12.0 Å². The molecule has 2 unspecified atom stereocenters. The number of urea groups is 1. The van der Waals surface area contributed by atoms with E-state index in [0.717, 1.165) is 35.4 Å². The smallest absolute Gasteiger partial charge is 0.318 e. The molecule has 6 rings (SSSR count). The van der Waals surface area contributed by atoms with E-state index in [1.807, 2.05) is 25.1 Å². The lowest BCUT2D eigenvalue weighted by Gasteiger charge is -2.39. The third-order valence-corrected chi connectivity index (χ3v) is 6.60. The van der Waals surface area contributed by atoms with Crippen LogP contribution in [0.15, 0.2) is 18.2 Å². The maximum absolute atomic E-state index is 13.0. The first kappa shape index (κ1) is 15.4. The van der Waals surface area contributed by atoms with Crippen LogP contribution in [0, 0.1) is 17.8 Å². The summed E-state index contributed by atoms with van der Waals surface area (Å²) in [6.45, 7) is 3.26. The minimum Gasteiger partial charge on any atom is -0.454 e. The first-order chi connectivity index (χ1) is 12.2. The van der Waals surface area contributed by atoms with Gasteiger partial charge in [0, 0.05) is 12.6 Å². The highest BCUT2D eigenvalue weighted by atomic mass is 16.7. The van der Waals surface area contributed by atoms with E-state index in [1.54, 1.807) is 0 Å². The molecule has 5 atom stereocenters. The molecule has 4 fully saturated rings. The topological polar surface area (TPSA) is 50.8 Å². The van der Waals surface area contributed by atoms with Gasteiger partial charge in [0.05, 0.1) is 6.04 Å². The zero-order valence-electron chi connectivity index (χ0n) is 14.7. The van der Waals surface area contributed by atoms with Crippen LogP contribution in [-0.4, -0.2) is 30.3 Å². The lowest BCUT2D eigenvalue weighted by atomic mass is 9.68. The Bertz CT molecular complexity index is 678. The summed E-state index contributed by atoms with van der Waals surface area (Å²) in [6.07, 6.45) is 6.47. The van der Waals surface area contributed by atoms with Crippen molar-refractivity contribution in [3.8, 4) is 11.5 Å². The zero-order valence-corrected chi connectivity index (χ0v) is 14.7. The Kier molecular flexibility index (Phi) is 3.57. The SMILES string of the molecule is C[C@@H](NC(=O)N1CC2C[C@@H]3CC1C[C@H](C2)C3)c1ccc2c(c1)OCO2. The van der Waals surface area contributed by atoms with Crippen LogP contribution in [0.2, 0.25) is 0 Å². The first-order valence-corrected chi connectivity index (χ1v) is 9.62. The van der Waals surface area contributed by atoms with Crippen molar-refractivity contribution in [1.82, 2.24) is 10.2 Å². The number of hydrogen-bond acceptors (Lipinski definition) is 3. The number of rotatable bonds is 2. The van der Waals surface area contributed by atoms with Crippen molar-refractivity contribution in [3.05, 3.63) is 23.8 Å². The lowest BCUT2D eigenvalue weighted by molar-refractivity contribution is 0.130. The minimum atomic E-state index is -0.0420. The number of carbonyl (C=O) groups is 1. The average molecular weight is 342 g/mol. The molecular formula is C20H26N2O3. The van der Waals surface area contributed by atoms with E-state index in [9.17, 15) is 4.79 Å². The van der Waals surface area contributed by atoms with Gasteiger partial charge in [-0.1, -0.05) is 6.07 Å². The highest BCUT2D eigenvalue weighted by molar-refractivity contribution is 5.75. The van der Waals surface area contributed by atoms with Gasteiger partial charge in [0.15, 0.2) is 11.5 Å². The molecule has 2 saturated carbocycles. The van der Waals surface area contributed by atoms with E-state index in [1.165, 1.54) is 32.1 Å². The van der Waals surface area contributed by atoms with Crippen LogP contribution in [0.1, 0.15) is 50.6 Å². The predicted octanol–water partition coefficient (Wildman–Crippen LogP) is 3.70. The van der Waals surface area contributed by atoms with E-state index in [4.69, 9.17) is 9.47 Å². The quantitative estimate of drug-likeness (QED) is 0.892. The summed E-state index contributed by atoms with van der Waals surface area (Å²) < 4.78 is 10.8. The van der Waals surface area contributed by atoms with Crippen LogP contribution < -0.4 is 14.8 Å². The van der Waals surface area contributed by atoms with Gasteiger partial charge in [0.25, 0.3) is 0 Å². The van der Waals surface area contributed by atoms with Crippen LogP contribution in [-0.2, 0) is 0 Å². The van der Waals surface area contributed by atoms with Gasteiger partial charge in [-0.15, -0.1) is 0 Å². The molecule has 0 radical (unpaired) electrons. The molecule has 5 aliphatic rings. The lowest BCUT2D eigenvalue weighted by Crippen LogP contribution is -2.47. The number of amides is 2. The zero-order chi connectivity index (χ0) is 17.0. The van der Waals surface area contributed by atoms with Gasteiger partial charge in [-0.3, -0.25) is 0 Å². The van der Waals surface area contributed by atoms with Gasteiger partial charge in [0.2, 0.25) is 6.79 Å². The second kappa shape index (κ2) is 5.82. The fraction of sp³-hybridized carbons (Fsp3) is 0.650. The Morgan fingerprint density at radius 2 is 1.80 bits per heavy atom. The van der Waals surface area contributed by atoms with Crippen LogP contribution in [0.3, 0.4) is 0 Å². The molecule has 0 spiro atoms. The normalized spacial score (nSPS) is 33.2. The summed E-state index contributed by atoms with van der Waals surface area (Å²) in [4.78, 5) is 15.1. The van der Waals surface area contributed by atoms with Crippen molar-refractivity contribution < 1.29 is 14.3 Å². The van der Waals surface area contributed by atoms with Gasteiger partial charge in [-0.2, -0.15) is 0 Å². The Morgan fingerprint density at radius 3 is 2.60 bits per heavy atom. The number of carbonyl (C=O) groups excluding carboxylic acids is 1. The number of nitrogens with zero attached hydrogens (tertiary/aromatic N) is 1. The van der Waals surface area contributed by atoms with Gasteiger partial charge in [-0.05, 0) is 74.5 Å². The Hall–Kier alpha value is -1.91. The fourth-order valence-electron chi connectivity index (χ4n) is 5.57. The molecule has 2 aliphatic carbocycles. The third kappa shape index (κ3) is 2.74. The number of ether oxygens (including phenoxy) is 2. The summed E-state index contributed by atoms with van der Waals surface area (Å²) >= 11 is 0. The number of fused-ring (bicyclic) bond motifs is 2. The van der Waals surface area contributed by atoms with E-state index in [2.05, 4.69) is 10.2 Å². The van der Waals surface area contributed by atoms with Crippen LogP contribution in [0.5, 0.6) is 11.5 Å². The molecule has 5 heteroatoms. The van der Waals surface area contributed by atoms with Crippen molar-refractivity contribution in [3.63, 3.8) is 0 Å². The highest BCUT2D eigenvalue weighted by Gasteiger charge is 2.44. The molecule has 5 nitrogen and oxygen atoms in total. The van der Waals surface area contributed by atoms with Crippen LogP contribution >= 0.6 is 0 Å². The second-order valence-corrected chi connectivity index (χ2v) is 8.37. The molecule has 4 bridgehead atoms. The first-order valence-electron chi connectivity index (χ1n) is 9.62. The van der Waals surface area contributed by atoms with Gasteiger partial charge in [0.1, 0.15) is 0 Å². The van der Waals surface area contributed by atoms with Crippen molar-refractivity contribution in [2.75, 3.05) is 13.3 Å². The molecule has 0 aromatic heterocycles. The van der Waals surface area contributed by atoms with Crippen LogP contribution in [0.25, 0.3) is 0 Å². The van der Waals surface area contributed by atoms with E-state index < -0.39 is 0 Å². The molecule has 25 heavy (non-hydrogen) atoms. The molecule has 1 aromatic rings. The molecule has 3 heterocycles. The predicted molar refractivity (Wildman–Crippen MR) is 93.6 cm³/mol. The van der Waals surface area contributed by atoms with Gasteiger partial charge < -0.3 is 19.7 Å². The minimum absolute atomic E-state index is 0.0420. The van der Waals surface area contributed by atoms with E-state index in [-0.39, 0.29) is 18.9 Å². The average Bonchev–Trinajstić information content (AvgIpc) is 2.97. The van der Waals surface area contributed by atoms with Crippen molar-refractivity contribution in [1.29, 1.82) is 0 Å². The van der Waals surface area contributed by atoms with E-state index >= 15 is 0 Å². The highest BCUT2D eigenvalue weighted by Crippen LogP contribution is 2.47. The summed E-state index contributed by atoms with van der Waals surface area (Å²) in [5.74, 6) is 3.97. The van der Waals surface area contributed by atoms with Gasteiger partial charge in [-0.25, -0.2) is 4.79 Å².